The smallest absolute Gasteiger partial charge is 0.0385 e. The lowest BCUT2D eigenvalue weighted by Gasteiger charge is -2.63. The van der Waals surface area contributed by atoms with Crippen molar-refractivity contribution in [2.45, 2.75) is 38.1 Å². The van der Waals surface area contributed by atoms with Crippen LogP contribution in [0.4, 0.5) is 0 Å². The van der Waals surface area contributed by atoms with Gasteiger partial charge in [0, 0.05) is 18.0 Å². The summed E-state index contributed by atoms with van der Waals surface area (Å²) in [6, 6.07) is 12.8. The molecule has 248 valence electrons. The van der Waals surface area contributed by atoms with Gasteiger partial charge < -0.3 is 0 Å². The molecule has 1 nitrogen and oxygen atoms in total. The van der Waals surface area contributed by atoms with Crippen LogP contribution < -0.4 is 0 Å². The van der Waals surface area contributed by atoms with E-state index < -0.39 is 0 Å². The first-order chi connectivity index (χ1) is 24.2. The van der Waals surface area contributed by atoms with Crippen LogP contribution in [0.25, 0.3) is 0 Å². The number of likely N-dealkylation sites (tertiary alicyclic amines) is 1. The van der Waals surface area contributed by atoms with Crippen LogP contribution in [0, 0.1) is 165 Å². The van der Waals surface area contributed by atoms with Gasteiger partial charge in [-0.2, -0.15) is 0 Å². The minimum absolute atomic E-state index is 0.437. The Morgan fingerprint density at radius 3 is 2.10 bits per heavy atom. The fourth-order valence-electron chi connectivity index (χ4n) is 25.3. The summed E-state index contributed by atoms with van der Waals surface area (Å²) in [5, 5.41) is 0. The third-order valence-electron chi connectivity index (χ3n) is 23.7. The zero-order valence-corrected chi connectivity index (χ0v) is 29.0. The highest BCUT2D eigenvalue weighted by Crippen LogP contribution is 2.93. The highest BCUT2D eigenvalue weighted by atomic mass is 15.2. The Bertz CT molecular complexity index is 1990. The molecule has 1 heteroatoms. The van der Waals surface area contributed by atoms with Crippen LogP contribution in [-0.2, 0) is 0 Å². The minimum Gasteiger partial charge on any atom is -0.298 e. The lowest BCUT2D eigenvalue weighted by Crippen LogP contribution is -2.61. The maximum Gasteiger partial charge on any atom is 0.0385 e. The molecule has 17 aliphatic rings. The number of benzene rings is 1. The summed E-state index contributed by atoms with van der Waals surface area (Å²) in [6.07, 6.45) is 17.3. The monoisotopic (exact) mass is 641 g/mol. The SMILES string of the molecule is CN1CC23C=C4CC5C=C6CC7CC8CC9C=C%10CC(C%11C%12C%10C9C9C8C8C7C6C6C5C5C4C2C%11C2C5C6C8C9C%122)C3C1c1ccccc1. The Morgan fingerprint density at radius 2 is 1.22 bits per heavy atom. The molecule has 14 fully saturated rings. The zero-order valence-electron chi connectivity index (χ0n) is 29.0. The van der Waals surface area contributed by atoms with Crippen molar-refractivity contribution in [3.63, 3.8) is 0 Å². The average molecular weight is 642 g/mol. The Kier molecular flexibility index (Phi) is 3.48. The van der Waals surface area contributed by atoms with Gasteiger partial charge in [-0.15, -0.1) is 0 Å². The quantitative estimate of drug-likeness (QED) is 0.279. The normalized spacial score (nSPS) is 74.1. The van der Waals surface area contributed by atoms with Crippen LogP contribution in [0.3, 0.4) is 0 Å². The first-order valence-electron chi connectivity index (χ1n) is 22.1. The lowest BCUT2D eigenvalue weighted by atomic mass is 9.40. The molecular formula is C48H51N. The van der Waals surface area contributed by atoms with Crippen molar-refractivity contribution in [2.75, 3.05) is 13.6 Å². The standard InChI is InChI=1S/C48H51N/c1-49-15-48-14-23-12-21-10-18-7-17-8-20-9-19-11-22-13-24(45(48)47(49)16-5-3-2-4-6-16)32-37-28(22)27(19)34-29(20)33-25(17)26(18)35-30(21)36-31(23)46(48)44(32)43-41(36)39(35)38(33)40(34)42(37)43/h2-6,10-11,14,17,19-21,24-47H,7-9,12-13,15H2,1H3. The number of hydrogen-bond donors (Lipinski definition) is 0. The van der Waals surface area contributed by atoms with E-state index in [0.717, 1.165) is 154 Å². The van der Waals surface area contributed by atoms with E-state index in [1.807, 2.05) is 0 Å². The number of fused-ring (bicyclic) bond motifs is 1. The largest absolute Gasteiger partial charge is 0.298 e. The lowest BCUT2D eigenvalue weighted by molar-refractivity contribution is -0.157. The molecule has 0 N–H and O–H groups in total. The predicted molar refractivity (Wildman–Crippen MR) is 186 cm³/mol. The number of allylic oxidation sites excluding steroid dienone is 5. The van der Waals surface area contributed by atoms with Crippen molar-refractivity contribution in [2.24, 2.45) is 165 Å². The van der Waals surface area contributed by atoms with Gasteiger partial charge in [-0.3, -0.25) is 4.90 Å². The van der Waals surface area contributed by atoms with Crippen LogP contribution in [0.2, 0.25) is 0 Å². The zero-order chi connectivity index (χ0) is 30.5. The molecule has 49 heavy (non-hydrogen) atoms. The highest BCUT2D eigenvalue weighted by Gasteiger charge is 2.89. The van der Waals surface area contributed by atoms with E-state index in [2.05, 4.69) is 77.2 Å². The molecule has 29 unspecified atom stereocenters. The second-order valence-electron chi connectivity index (χ2n) is 23.1. The van der Waals surface area contributed by atoms with Gasteiger partial charge in [0.05, 0.1) is 0 Å². The Hall–Kier alpha value is -1.60. The van der Waals surface area contributed by atoms with Crippen molar-refractivity contribution < 1.29 is 0 Å². The fourth-order valence-corrected chi connectivity index (χ4v) is 25.3. The topological polar surface area (TPSA) is 3.24 Å². The summed E-state index contributed by atoms with van der Waals surface area (Å²) in [4.78, 5) is 2.96. The second kappa shape index (κ2) is 6.94. The molecule has 0 amide bonds. The summed E-state index contributed by atoms with van der Waals surface area (Å²) < 4.78 is 0. The number of nitrogens with zero attached hydrogens (tertiary/aromatic N) is 1. The molecule has 1 aliphatic heterocycles. The van der Waals surface area contributed by atoms with E-state index in [1.165, 1.54) is 25.3 Å². The van der Waals surface area contributed by atoms with Gasteiger partial charge >= 0.3 is 0 Å². The van der Waals surface area contributed by atoms with Crippen molar-refractivity contribution in [1.29, 1.82) is 0 Å². The average Bonchev–Trinajstić information content (AvgIpc) is 3.95. The predicted octanol–water partition coefficient (Wildman–Crippen LogP) is 8.24. The van der Waals surface area contributed by atoms with Gasteiger partial charge in [-0.25, -0.2) is 0 Å². The molecule has 1 aromatic rings. The molecule has 18 rings (SSSR count). The van der Waals surface area contributed by atoms with E-state index in [0.29, 0.717) is 11.5 Å². The first kappa shape index (κ1) is 24.6. The third kappa shape index (κ3) is 2.03. The molecular weight excluding hydrogens is 591 g/mol. The van der Waals surface area contributed by atoms with Gasteiger partial charge in [-0.05, 0) is 204 Å². The Labute approximate surface area is 291 Å². The molecule has 0 bridgehead atoms. The molecule has 1 heterocycles. The maximum atomic E-state index is 3.20. The summed E-state index contributed by atoms with van der Waals surface area (Å²) in [5.74, 6) is 29.0. The molecule has 0 radical (unpaired) electrons. The molecule has 29 atom stereocenters. The van der Waals surface area contributed by atoms with Crippen molar-refractivity contribution in [3.05, 3.63) is 70.8 Å². The third-order valence-corrected chi connectivity index (χ3v) is 23.7. The summed E-state index contributed by atoms with van der Waals surface area (Å²) in [5.41, 5.74) is 8.36. The van der Waals surface area contributed by atoms with E-state index in [9.17, 15) is 0 Å². The maximum absolute atomic E-state index is 3.20. The van der Waals surface area contributed by atoms with Gasteiger partial charge in [0.25, 0.3) is 0 Å². The van der Waals surface area contributed by atoms with Gasteiger partial charge in [0.2, 0.25) is 0 Å². The minimum atomic E-state index is 0.437. The van der Waals surface area contributed by atoms with Crippen molar-refractivity contribution in [3.8, 4) is 0 Å². The van der Waals surface area contributed by atoms with E-state index >= 15 is 0 Å². The van der Waals surface area contributed by atoms with Gasteiger partial charge in [0.15, 0.2) is 0 Å². The summed E-state index contributed by atoms with van der Waals surface area (Å²) in [6.45, 7) is 1.37. The van der Waals surface area contributed by atoms with Crippen LogP contribution in [-0.4, -0.2) is 18.5 Å². The summed E-state index contributed by atoms with van der Waals surface area (Å²) in [7, 11) is 2.58. The van der Waals surface area contributed by atoms with Crippen molar-refractivity contribution >= 4 is 0 Å². The number of rotatable bonds is 1. The molecule has 0 aromatic heterocycles. The van der Waals surface area contributed by atoms with Gasteiger partial charge in [-0.1, -0.05) is 65.3 Å². The van der Waals surface area contributed by atoms with Crippen LogP contribution in [0.1, 0.15) is 43.7 Å². The molecule has 1 saturated heterocycles. The number of hydrogen-bond acceptors (Lipinski definition) is 1. The van der Waals surface area contributed by atoms with E-state index in [1.54, 1.807) is 24.8 Å². The van der Waals surface area contributed by atoms with Crippen LogP contribution in [0.5, 0.6) is 0 Å². The fraction of sp³-hybridized carbons (Fsp3) is 0.750. The molecule has 16 aliphatic carbocycles. The van der Waals surface area contributed by atoms with E-state index in [4.69, 9.17) is 0 Å². The second-order valence-corrected chi connectivity index (χ2v) is 23.1. The highest BCUT2D eigenvalue weighted by molar-refractivity contribution is 5.48. The van der Waals surface area contributed by atoms with Crippen molar-refractivity contribution in [1.82, 2.24) is 4.90 Å². The molecule has 13 saturated carbocycles. The molecule has 1 aromatic carbocycles. The first-order valence-corrected chi connectivity index (χ1v) is 22.1. The van der Waals surface area contributed by atoms with E-state index in [-0.39, 0.29) is 0 Å². The van der Waals surface area contributed by atoms with Gasteiger partial charge in [0.1, 0.15) is 0 Å². The molecule has 1 spiro atoms. The van der Waals surface area contributed by atoms with Crippen LogP contribution >= 0.6 is 0 Å². The summed E-state index contributed by atoms with van der Waals surface area (Å²) >= 11 is 0. The Balaban J connectivity index is 0.990. The van der Waals surface area contributed by atoms with Crippen LogP contribution in [0.15, 0.2) is 65.3 Å². The Morgan fingerprint density at radius 1 is 0.531 bits per heavy atom.